The zero-order valence-corrected chi connectivity index (χ0v) is 12.4. The number of carbonyl (C=O) groups excluding carboxylic acids is 1. The van der Waals surface area contributed by atoms with Gasteiger partial charge in [-0.1, -0.05) is 18.2 Å². The molecule has 1 aromatic carbocycles. The summed E-state index contributed by atoms with van der Waals surface area (Å²) in [6.07, 6.45) is 2.23. The third-order valence-electron chi connectivity index (χ3n) is 2.76. The Bertz CT molecular complexity index is 543. The van der Waals surface area contributed by atoms with Gasteiger partial charge in [0.05, 0.1) is 6.26 Å². The minimum Gasteiger partial charge on any atom is -0.489 e. The number of para-hydroxylation sites is 1. The molecule has 0 aliphatic heterocycles. The summed E-state index contributed by atoms with van der Waals surface area (Å²) >= 11 is 0. The van der Waals surface area contributed by atoms with E-state index in [1.807, 2.05) is 30.3 Å². The van der Waals surface area contributed by atoms with Gasteiger partial charge < -0.3 is 20.2 Å². The van der Waals surface area contributed by atoms with Crippen LogP contribution in [0.2, 0.25) is 0 Å². The summed E-state index contributed by atoms with van der Waals surface area (Å²) < 4.78 is 10.8. The maximum absolute atomic E-state index is 11.9. The van der Waals surface area contributed by atoms with Crippen LogP contribution in [0, 0.1) is 0 Å². The van der Waals surface area contributed by atoms with E-state index >= 15 is 0 Å². The fraction of sp³-hybridized carbons (Fsp3) is 0.267. The third kappa shape index (κ3) is 5.13. The van der Waals surface area contributed by atoms with Crippen LogP contribution in [0.15, 0.2) is 47.1 Å². The molecule has 2 rings (SSSR count). The Morgan fingerprint density at radius 2 is 2.00 bits per heavy atom. The van der Waals surface area contributed by atoms with Crippen molar-refractivity contribution in [2.75, 3.05) is 13.1 Å². The van der Waals surface area contributed by atoms with Crippen LogP contribution in [0.5, 0.6) is 5.75 Å². The van der Waals surface area contributed by atoms with Crippen LogP contribution in [0.1, 0.15) is 22.5 Å². The molecule has 1 heterocycles. The number of halogens is 1. The number of nitrogens with one attached hydrogen (secondary N) is 1. The van der Waals surface area contributed by atoms with Gasteiger partial charge >= 0.3 is 0 Å². The Hall–Kier alpha value is -1.98. The molecule has 3 N–H and O–H groups in total. The van der Waals surface area contributed by atoms with Gasteiger partial charge in [-0.2, -0.15) is 0 Å². The Labute approximate surface area is 129 Å². The summed E-state index contributed by atoms with van der Waals surface area (Å²) in [6, 6.07) is 11.2. The van der Waals surface area contributed by atoms with E-state index in [9.17, 15) is 4.79 Å². The van der Waals surface area contributed by atoms with Crippen molar-refractivity contribution in [3.8, 4) is 5.75 Å². The van der Waals surface area contributed by atoms with Crippen LogP contribution >= 0.6 is 12.4 Å². The molecule has 5 nitrogen and oxygen atoms in total. The Balaban J connectivity index is 0.00000220. The van der Waals surface area contributed by atoms with Gasteiger partial charge in [0.2, 0.25) is 0 Å². The monoisotopic (exact) mass is 310 g/mol. The van der Waals surface area contributed by atoms with E-state index in [1.165, 1.54) is 6.26 Å². The highest BCUT2D eigenvalue weighted by molar-refractivity contribution is 5.92. The van der Waals surface area contributed by atoms with Crippen molar-refractivity contribution in [2.45, 2.75) is 13.0 Å². The molecule has 0 aliphatic rings. The maximum Gasteiger partial charge on any atom is 0.287 e. The van der Waals surface area contributed by atoms with E-state index in [4.69, 9.17) is 14.9 Å². The SMILES string of the molecule is Cl.NCCCNC(=O)c1occc1COc1ccccc1. The van der Waals surface area contributed by atoms with Crippen molar-refractivity contribution < 1.29 is 13.9 Å². The molecule has 0 radical (unpaired) electrons. The minimum atomic E-state index is -0.241. The number of rotatable bonds is 7. The minimum absolute atomic E-state index is 0. The van der Waals surface area contributed by atoms with Crippen LogP contribution in [0.25, 0.3) is 0 Å². The van der Waals surface area contributed by atoms with E-state index in [1.54, 1.807) is 6.07 Å². The number of furan rings is 1. The van der Waals surface area contributed by atoms with Gasteiger partial charge in [0.25, 0.3) is 5.91 Å². The lowest BCUT2D eigenvalue weighted by molar-refractivity contribution is 0.0922. The molecule has 2 aromatic rings. The van der Waals surface area contributed by atoms with Gasteiger partial charge in [-0.15, -0.1) is 12.4 Å². The number of ether oxygens (including phenoxy) is 1. The zero-order valence-electron chi connectivity index (χ0n) is 11.6. The first kappa shape index (κ1) is 17.1. The molecule has 0 saturated carbocycles. The molecular formula is C15H19ClN2O3. The van der Waals surface area contributed by atoms with Crippen LogP contribution < -0.4 is 15.8 Å². The highest BCUT2D eigenvalue weighted by atomic mass is 35.5. The topological polar surface area (TPSA) is 77.5 Å². The first-order valence-electron chi connectivity index (χ1n) is 6.53. The summed E-state index contributed by atoms with van der Waals surface area (Å²) in [6.45, 7) is 1.37. The highest BCUT2D eigenvalue weighted by Crippen LogP contribution is 2.15. The van der Waals surface area contributed by atoms with E-state index in [-0.39, 0.29) is 24.1 Å². The zero-order chi connectivity index (χ0) is 14.2. The molecular weight excluding hydrogens is 292 g/mol. The predicted octanol–water partition coefficient (Wildman–Crippen LogP) is 2.36. The second-order valence-corrected chi connectivity index (χ2v) is 4.27. The number of nitrogens with two attached hydrogens (primary N) is 1. The molecule has 0 saturated heterocycles. The Kier molecular flexibility index (Phi) is 7.36. The van der Waals surface area contributed by atoms with Crippen molar-refractivity contribution in [3.05, 3.63) is 54.0 Å². The van der Waals surface area contributed by atoms with Crippen molar-refractivity contribution in [2.24, 2.45) is 5.73 Å². The fourth-order valence-electron chi connectivity index (χ4n) is 1.71. The molecule has 0 atom stereocenters. The second-order valence-electron chi connectivity index (χ2n) is 4.27. The van der Waals surface area contributed by atoms with Gasteiger partial charge in [0, 0.05) is 12.1 Å². The quantitative estimate of drug-likeness (QED) is 0.770. The average Bonchev–Trinajstić information content (AvgIpc) is 2.95. The van der Waals surface area contributed by atoms with Gasteiger partial charge in [-0.3, -0.25) is 4.79 Å². The highest BCUT2D eigenvalue weighted by Gasteiger charge is 2.15. The second kappa shape index (κ2) is 9.05. The molecule has 0 aliphatic carbocycles. The maximum atomic E-state index is 11.9. The van der Waals surface area contributed by atoms with Crippen LogP contribution in [0.3, 0.4) is 0 Å². The number of benzene rings is 1. The van der Waals surface area contributed by atoms with Crippen molar-refractivity contribution in [1.82, 2.24) is 5.32 Å². The Morgan fingerprint density at radius 1 is 1.24 bits per heavy atom. The largest absolute Gasteiger partial charge is 0.489 e. The van der Waals surface area contributed by atoms with Gasteiger partial charge in [0.1, 0.15) is 12.4 Å². The summed E-state index contributed by atoms with van der Waals surface area (Å²) in [5, 5.41) is 2.76. The average molecular weight is 311 g/mol. The van der Waals surface area contributed by atoms with Crippen LogP contribution in [0.4, 0.5) is 0 Å². The summed E-state index contributed by atoms with van der Waals surface area (Å²) in [4.78, 5) is 11.9. The molecule has 0 bridgehead atoms. The van der Waals surface area contributed by atoms with Crippen molar-refractivity contribution in [1.29, 1.82) is 0 Å². The van der Waals surface area contributed by atoms with E-state index in [2.05, 4.69) is 5.32 Å². The van der Waals surface area contributed by atoms with Crippen LogP contribution in [-0.4, -0.2) is 19.0 Å². The molecule has 0 spiro atoms. The summed E-state index contributed by atoms with van der Waals surface area (Å²) in [5.41, 5.74) is 6.10. The smallest absolute Gasteiger partial charge is 0.287 e. The first-order chi connectivity index (χ1) is 9.81. The number of hydrogen-bond acceptors (Lipinski definition) is 4. The summed E-state index contributed by atoms with van der Waals surface area (Å²) in [5.74, 6) is 0.802. The van der Waals surface area contributed by atoms with Crippen molar-refractivity contribution >= 4 is 18.3 Å². The molecule has 1 aromatic heterocycles. The van der Waals surface area contributed by atoms with E-state index in [0.717, 1.165) is 17.7 Å². The number of carbonyl (C=O) groups is 1. The standard InChI is InChI=1S/C15H18N2O3.ClH/c16-8-4-9-17-15(18)14-12(7-10-19-14)11-20-13-5-2-1-3-6-13;/h1-3,5-7,10H,4,8-9,11,16H2,(H,17,18);1H. The Morgan fingerprint density at radius 3 is 2.71 bits per heavy atom. The molecule has 0 unspecified atom stereocenters. The lowest BCUT2D eigenvalue weighted by Gasteiger charge is -2.06. The van der Waals surface area contributed by atoms with Crippen molar-refractivity contribution in [3.63, 3.8) is 0 Å². The van der Waals surface area contributed by atoms with E-state index < -0.39 is 0 Å². The van der Waals surface area contributed by atoms with Gasteiger partial charge in [0.15, 0.2) is 5.76 Å². The normalized spacial score (nSPS) is 9.76. The lowest BCUT2D eigenvalue weighted by Crippen LogP contribution is -2.26. The molecule has 21 heavy (non-hydrogen) atoms. The molecule has 114 valence electrons. The number of hydrogen-bond donors (Lipinski definition) is 2. The fourth-order valence-corrected chi connectivity index (χ4v) is 1.71. The molecule has 1 amide bonds. The number of amides is 1. The summed E-state index contributed by atoms with van der Waals surface area (Å²) in [7, 11) is 0. The first-order valence-corrected chi connectivity index (χ1v) is 6.53. The van der Waals surface area contributed by atoms with E-state index in [0.29, 0.717) is 19.7 Å². The van der Waals surface area contributed by atoms with Crippen LogP contribution in [-0.2, 0) is 6.61 Å². The lowest BCUT2D eigenvalue weighted by atomic mass is 10.2. The predicted molar refractivity (Wildman–Crippen MR) is 82.7 cm³/mol. The third-order valence-corrected chi connectivity index (χ3v) is 2.76. The molecule has 6 heteroatoms. The van der Waals surface area contributed by atoms with Gasteiger partial charge in [-0.25, -0.2) is 0 Å². The van der Waals surface area contributed by atoms with Gasteiger partial charge in [-0.05, 0) is 31.2 Å². The molecule has 0 fully saturated rings.